The van der Waals surface area contributed by atoms with Crippen LogP contribution in [0.2, 0.25) is 0 Å². The van der Waals surface area contributed by atoms with Gasteiger partial charge in [0, 0.05) is 12.6 Å². The molecule has 0 saturated heterocycles. The highest BCUT2D eigenvalue weighted by Crippen LogP contribution is 2.01. The monoisotopic (exact) mass is 107 g/mol. The molecule has 0 aromatic heterocycles. The number of hydrogen-bond donors (Lipinski definition) is 1. The average Bonchev–Trinajstić information content (AvgIpc) is 1.77. The maximum absolute atomic E-state index is 5.50. The topological polar surface area (TPSA) is 12.0 Å². The molecule has 0 amide bonds. The fourth-order valence-electron chi connectivity index (χ4n) is 0.776. The summed E-state index contributed by atoms with van der Waals surface area (Å²) in [5, 5.41) is 3.24. The first-order chi connectivity index (χ1) is 3.79. The summed E-state index contributed by atoms with van der Waals surface area (Å²) in [5.74, 6) is 0. The maximum Gasteiger partial charge on any atom is 0.109 e. The van der Waals surface area contributed by atoms with Crippen LogP contribution in [0.4, 0.5) is 0 Å². The van der Waals surface area contributed by atoms with Crippen molar-refractivity contribution in [1.82, 2.24) is 5.32 Å². The van der Waals surface area contributed by atoms with Gasteiger partial charge in [-0.3, -0.25) is 0 Å². The van der Waals surface area contributed by atoms with Crippen LogP contribution in [0.15, 0.2) is 11.5 Å². The van der Waals surface area contributed by atoms with Crippen molar-refractivity contribution in [3.05, 3.63) is 11.5 Å². The number of hydrogen-bond acceptors (Lipinski definition) is 1. The Hall–Kier alpha value is -0.235. The molecule has 1 rings (SSSR count). The molecule has 0 saturated carbocycles. The predicted octanol–water partition coefficient (Wildman–Crippen LogP) is 0.421. The van der Waals surface area contributed by atoms with Crippen molar-refractivity contribution in [2.24, 2.45) is 0 Å². The van der Waals surface area contributed by atoms with E-state index in [-0.39, 0.29) is 0 Å². The second-order valence-corrected chi connectivity index (χ2v) is 2.30. The first-order valence-corrected chi connectivity index (χ1v) is 2.97. The summed E-state index contributed by atoms with van der Waals surface area (Å²) in [5.41, 5.74) is 0.975. The highest BCUT2D eigenvalue weighted by atomic mass is 14.9. The minimum absolute atomic E-state index is 0.613. The van der Waals surface area contributed by atoms with Crippen LogP contribution >= 0.6 is 0 Å². The zero-order valence-corrected chi connectivity index (χ0v) is 5.15. The van der Waals surface area contributed by atoms with Crippen LogP contribution in [0.5, 0.6) is 0 Å². The Morgan fingerprint density at radius 1 is 1.88 bits per heavy atom. The standard InChI is InChI=1S/C6H10BN/c1-5-2-3-6(7)4-8-5/h3,5,8H,2,4H2,1H3. The molecule has 0 fully saturated rings. The van der Waals surface area contributed by atoms with Crippen LogP contribution < -0.4 is 5.32 Å². The van der Waals surface area contributed by atoms with E-state index < -0.39 is 0 Å². The second kappa shape index (κ2) is 2.36. The summed E-state index contributed by atoms with van der Waals surface area (Å²) in [7, 11) is 5.50. The van der Waals surface area contributed by atoms with Gasteiger partial charge in [-0.15, -0.1) is 5.47 Å². The van der Waals surface area contributed by atoms with E-state index in [0.29, 0.717) is 6.04 Å². The molecular formula is C6H10BN. The molecule has 1 aliphatic rings. The van der Waals surface area contributed by atoms with Crippen molar-refractivity contribution in [1.29, 1.82) is 0 Å². The van der Waals surface area contributed by atoms with Gasteiger partial charge in [-0.1, -0.05) is 6.08 Å². The molecule has 1 heterocycles. The van der Waals surface area contributed by atoms with Crippen LogP contribution in [0.1, 0.15) is 13.3 Å². The first kappa shape index (κ1) is 5.89. The Morgan fingerprint density at radius 3 is 3.00 bits per heavy atom. The van der Waals surface area contributed by atoms with Gasteiger partial charge in [-0.05, 0) is 13.3 Å². The molecule has 0 aromatic carbocycles. The van der Waals surface area contributed by atoms with Crippen molar-refractivity contribution in [2.75, 3.05) is 6.54 Å². The molecule has 2 heteroatoms. The lowest BCUT2D eigenvalue weighted by Crippen LogP contribution is -2.31. The van der Waals surface area contributed by atoms with E-state index in [2.05, 4.69) is 18.3 Å². The van der Waals surface area contributed by atoms with E-state index in [1.54, 1.807) is 0 Å². The Kier molecular flexibility index (Phi) is 1.74. The number of rotatable bonds is 0. The van der Waals surface area contributed by atoms with E-state index in [4.69, 9.17) is 7.85 Å². The van der Waals surface area contributed by atoms with Gasteiger partial charge in [-0.25, -0.2) is 0 Å². The first-order valence-electron chi connectivity index (χ1n) is 2.97. The van der Waals surface area contributed by atoms with E-state index in [0.717, 1.165) is 18.4 Å². The molecule has 1 aliphatic heterocycles. The van der Waals surface area contributed by atoms with Gasteiger partial charge < -0.3 is 5.32 Å². The fourth-order valence-corrected chi connectivity index (χ4v) is 0.776. The largest absolute Gasteiger partial charge is 0.311 e. The quantitative estimate of drug-likeness (QED) is 0.442. The lowest BCUT2D eigenvalue weighted by atomic mass is 9.91. The molecule has 8 heavy (non-hydrogen) atoms. The summed E-state index contributed by atoms with van der Waals surface area (Å²) >= 11 is 0. The van der Waals surface area contributed by atoms with Gasteiger partial charge in [0.25, 0.3) is 0 Å². The van der Waals surface area contributed by atoms with Gasteiger partial charge >= 0.3 is 0 Å². The number of nitrogens with one attached hydrogen (secondary N) is 1. The minimum Gasteiger partial charge on any atom is -0.311 e. The molecular weight excluding hydrogens is 96.9 g/mol. The Labute approximate surface area is 51.6 Å². The maximum atomic E-state index is 5.50. The highest BCUT2D eigenvalue weighted by molar-refractivity contribution is 6.21. The van der Waals surface area contributed by atoms with Crippen molar-refractivity contribution in [3.8, 4) is 0 Å². The van der Waals surface area contributed by atoms with Crippen LogP contribution in [-0.2, 0) is 0 Å². The third-order valence-electron chi connectivity index (χ3n) is 1.39. The normalized spacial score (nSPS) is 29.6. The second-order valence-electron chi connectivity index (χ2n) is 2.30. The SMILES string of the molecule is [B]C1=CCC(C)NC1. The summed E-state index contributed by atoms with van der Waals surface area (Å²) in [6.45, 7) is 3.02. The smallest absolute Gasteiger partial charge is 0.109 e. The Morgan fingerprint density at radius 2 is 2.62 bits per heavy atom. The van der Waals surface area contributed by atoms with Gasteiger partial charge in [0.2, 0.25) is 0 Å². The summed E-state index contributed by atoms with van der Waals surface area (Å²) < 4.78 is 0. The van der Waals surface area contributed by atoms with Gasteiger partial charge in [0.05, 0.1) is 0 Å². The van der Waals surface area contributed by atoms with Crippen LogP contribution in [0, 0.1) is 0 Å². The third-order valence-corrected chi connectivity index (χ3v) is 1.39. The Bertz CT molecular complexity index is 109. The molecule has 1 nitrogen and oxygen atoms in total. The van der Waals surface area contributed by atoms with E-state index >= 15 is 0 Å². The van der Waals surface area contributed by atoms with E-state index in [1.807, 2.05) is 0 Å². The molecule has 42 valence electrons. The van der Waals surface area contributed by atoms with Gasteiger partial charge in [0.15, 0.2) is 0 Å². The zero-order valence-electron chi connectivity index (χ0n) is 5.15. The van der Waals surface area contributed by atoms with Crippen molar-refractivity contribution in [2.45, 2.75) is 19.4 Å². The molecule has 1 atom stereocenters. The lowest BCUT2D eigenvalue weighted by molar-refractivity contribution is 0.566. The fraction of sp³-hybridized carbons (Fsp3) is 0.667. The van der Waals surface area contributed by atoms with E-state index in [1.165, 1.54) is 0 Å². The minimum atomic E-state index is 0.613. The van der Waals surface area contributed by atoms with Crippen LogP contribution in [0.25, 0.3) is 0 Å². The molecule has 1 unspecified atom stereocenters. The Balaban J connectivity index is 2.42. The molecule has 0 aliphatic carbocycles. The molecule has 0 spiro atoms. The van der Waals surface area contributed by atoms with Crippen molar-refractivity contribution in [3.63, 3.8) is 0 Å². The molecule has 1 N–H and O–H groups in total. The summed E-state index contributed by atoms with van der Waals surface area (Å²) in [4.78, 5) is 0. The van der Waals surface area contributed by atoms with Crippen LogP contribution in [-0.4, -0.2) is 20.4 Å². The molecule has 0 aromatic rings. The molecule has 0 bridgehead atoms. The van der Waals surface area contributed by atoms with E-state index in [9.17, 15) is 0 Å². The van der Waals surface area contributed by atoms with Gasteiger partial charge in [0.1, 0.15) is 7.85 Å². The highest BCUT2D eigenvalue weighted by Gasteiger charge is 2.03. The lowest BCUT2D eigenvalue weighted by Gasteiger charge is -2.17. The van der Waals surface area contributed by atoms with Gasteiger partial charge in [-0.2, -0.15) is 0 Å². The third kappa shape index (κ3) is 1.37. The zero-order chi connectivity index (χ0) is 5.98. The average molecular weight is 107 g/mol. The van der Waals surface area contributed by atoms with Crippen LogP contribution in [0.3, 0.4) is 0 Å². The summed E-state index contributed by atoms with van der Waals surface area (Å²) in [6.07, 6.45) is 3.16. The van der Waals surface area contributed by atoms with Crippen molar-refractivity contribution >= 4 is 7.85 Å². The molecule has 2 radical (unpaired) electrons. The predicted molar refractivity (Wildman–Crippen MR) is 35.9 cm³/mol. The van der Waals surface area contributed by atoms with Crippen molar-refractivity contribution < 1.29 is 0 Å². The summed E-state index contributed by atoms with van der Waals surface area (Å²) in [6, 6.07) is 0.613.